The summed E-state index contributed by atoms with van der Waals surface area (Å²) in [5, 5.41) is 3.69. The fourth-order valence-electron chi connectivity index (χ4n) is 2.23. The molecular formula is C12H17Br2NS. The first-order chi connectivity index (χ1) is 7.75. The van der Waals surface area contributed by atoms with Crippen molar-refractivity contribution in [3.63, 3.8) is 0 Å². The number of rotatable bonds is 3. The molecule has 16 heavy (non-hydrogen) atoms. The number of nitrogens with one attached hydrogen (secondary N) is 1. The number of halogens is 2. The Morgan fingerprint density at radius 1 is 1.19 bits per heavy atom. The van der Waals surface area contributed by atoms with Crippen LogP contribution in [0.2, 0.25) is 0 Å². The van der Waals surface area contributed by atoms with Crippen molar-refractivity contribution in [3.05, 3.63) is 19.2 Å². The molecule has 0 aliphatic heterocycles. The Balaban J connectivity index is 1.84. The number of hydrogen-bond acceptors (Lipinski definition) is 2. The summed E-state index contributed by atoms with van der Waals surface area (Å²) in [4.78, 5) is 0. The van der Waals surface area contributed by atoms with E-state index >= 15 is 0 Å². The van der Waals surface area contributed by atoms with E-state index < -0.39 is 0 Å². The highest BCUT2D eigenvalue weighted by molar-refractivity contribution is 9.12. The van der Waals surface area contributed by atoms with Gasteiger partial charge < -0.3 is 5.32 Å². The minimum Gasteiger partial charge on any atom is -0.310 e. The van der Waals surface area contributed by atoms with Gasteiger partial charge in [0.15, 0.2) is 0 Å². The standard InChI is InChI=1S/C12H17Br2NS/c13-11-7-9(12(14)16-11)8-15-10-5-3-1-2-4-6-10/h7,10,15H,1-6,8H2. The summed E-state index contributed by atoms with van der Waals surface area (Å²) in [6.45, 7) is 0.993. The molecule has 1 N–H and O–H groups in total. The van der Waals surface area contributed by atoms with Crippen molar-refractivity contribution in [2.45, 2.75) is 51.1 Å². The first-order valence-corrected chi connectivity index (χ1v) is 8.33. The van der Waals surface area contributed by atoms with E-state index in [1.807, 2.05) is 0 Å². The van der Waals surface area contributed by atoms with Gasteiger partial charge in [0.2, 0.25) is 0 Å². The predicted octanol–water partition coefficient (Wildman–Crippen LogP) is 5.09. The van der Waals surface area contributed by atoms with Crippen LogP contribution in [0.25, 0.3) is 0 Å². The van der Waals surface area contributed by atoms with E-state index in [0.29, 0.717) is 0 Å². The number of hydrogen-bond donors (Lipinski definition) is 1. The highest BCUT2D eigenvalue weighted by Crippen LogP contribution is 2.32. The van der Waals surface area contributed by atoms with Crippen LogP contribution in [0.3, 0.4) is 0 Å². The zero-order valence-electron chi connectivity index (χ0n) is 9.27. The highest BCUT2D eigenvalue weighted by atomic mass is 79.9. The largest absolute Gasteiger partial charge is 0.310 e. The van der Waals surface area contributed by atoms with Crippen LogP contribution in [-0.2, 0) is 6.54 Å². The van der Waals surface area contributed by atoms with Gasteiger partial charge >= 0.3 is 0 Å². The van der Waals surface area contributed by atoms with Crippen molar-refractivity contribution in [2.75, 3.05) is 0 Å². The Morgan fingerprint density at radius 3 is 2.44 bits per heavy atom. The first kappa shape index (κ1) is 13.1. The van der Waals surface area contributed by atoms with Gasteiger partial charge in [-0.3, -0.25) is 0 Å². The Kier molecular flexibility index (Phi) is 5.33. The molecular weight excluding hydrogens is 350 g/mol. The van der Waals surface area contributed by atoms with Gasteiger partial charge in [-0.1, -0.05) is 25.7 Å². The average Bonchev–Trinajstić information content (AvgIpc) is 2.48. The van der Waals surface area contributed by atoms with E-state index in [1.54, 1.807) is 11.3 Å². The fourth-order valence-corrected chi connectivity index (χ4v) is 5.06. The lowest BCUT2D eigenvalue weighted by Gasteiger charge is -2.15. The zero-order valence-corrected chi connectivity index (χ0v) is 13.3. The summed E-state index contributed by atoms with van der Waals surface area (Å²) < 4.78 is 2.46. The average molecular weight is 367 g/mol. The molecule has 0 bridgehead atoms. The Bertz CT molecular complexity index is 330. The lowest BCUT2D eigenvalue weighted by molar-refractivity contribution is 0.459. The van der Waals surface area contributed by atoms with Gasteiger partial charge in [0.25, 0.3) is 0 Å². The topological polar surface area (TPSA) is 12.0 Å². The highest BCUT2D eigenvalue weighted by Gasteiger charge is 2.12. The molecule has 1 saturated carbocycles. The van der Waals surface area contributed by atoms with Crippen LogP contribution in [0, 0.1) is 0 Å². The number of thiophene rings is 1. The molecule has 4 heteroatoms. The molecule has 2 rings (SSSR count). The Labute approximate surface area is 118 Å². The molecule has 1 aromatic rings. The van der Waals surface area contributed by atoms with Crippen LogP contribution in [0.1, 0.15) is 44.1 Å². The lowest BCUT2D eigenvalue weighted by atomic mass is 10.1. The van der Waals surface area contributed by atoms with E-state index in [9.17, 15) is 0 Å². The molecule has 0 atom stereocenters. The van der Waals surface area contributed by atoms with Crippen molar-refractivity contribution >= 4 is 43.2 Å². The predicted molar refractivity (Wildman–Crippen MR) is 78.0 cm³/mol. The van der Waals surface area contributed by atoms with E-state index in [-0.39, 0.29) is 0 Å². The maximum atomic E-state index is 3.69. The molecule has 1 nitrogen and oxygen atoms in total. The molecule has 1 aliphatic carbocycles. The minimum absolute atomic E-state index is 0.730. The van der Waals surface area contributed by atoms with Crippen molar-refractivity contribution in [2.24, 2.45) is 0 Å². The first-order valence-electron chi connectivity index (χ1n) is 5.93. The monoisotopic (exact) mass is 365 g/mol. The SMILES string of the molecule is Brc1cc(CNC2CCCCCC2)c(Br)s1. The maximum Gasteiger partial charge on any atom is 0.0755 e. The van der Waals surface area contributed by atoms with Crippen LogP contribution < -0.4 is 5.32 Å². The molecule has 0 unspecified atom stereocenters. The van der Waals surface area contributed by atoms with E-state index in [0.717, 1.165) is 12.6 Å². The molecule has 0 spiro atoms. The maximum absolute atomic E-state index is 3.69. The van der Waals surface area contributed by atoms with Gasteiger partial charge in [0.05, 0.1) is 7.57 Å². The van der Waals surface area contributed by atoms with Crippen molar-refractivity contribution in [1.82, 2.24) is 5.32 Å². The molecule has 0 saturated heterocycles. The fraction of sp³-hybridized carbons (Fsp3) is 0.667. The van der Waals surface area contributed by atoms with Gasteiger partial charge in [-0.05, 0) is 56.3 Å². The molecule has 0 radical (unpaired) electrons. The molecule has 0 aromatic carbocycles. The van der Waals surface area contributed by atoms with E-state index in [2.05, 4.69) is 43.2 Å². The van der Waals surface area contributed by atoms with Gasteiger partial charge in [-0.15, -0.1) is 11.3 Å². The van der Waals surface area contributed by atoms with Crippen molar-refractivity contribution in [3.8, 4) is 0 Å². The van der Waals surface area contributed by atoms with Crippen molar-refractivity contribution in [1.29, 1.82) is 0 Å². The normalized spacial score (nSPS) is 18.6. The molecule has 90 valence electrons. The van der Waals surface area contributed by atoms with Crippen molar-refractivity contribution < 1.29 is 0 Å². The molecule has 1 aromatic heterocycles. The van der Waals surface area contributed by atoms with Crippen LogP contribution >= 0.6 is 43.2 Å². The second-order valence-electron chi connectivity index (χ2n) is 4.42. The summed E-state index contributed by atoms with van der Waals surface area (Å²) >= 11 is 8.88. The summed E-state index contributed by atoms with van der Waals surface area (Å²) in [7, 11) is 0. The Hall–Kier alpha value is 0.620. The molecule has 1 heterocycles. The molecule has 1 aliphatic rings. The molecule has 0 amide bonds. The smallest absolute Gasteiger partial charge is 0.0755 e. The van der Waals surface area contributed by atoms with Gasteiger partial charge in [-0.25, -0.2) is 0 Å². The third kappa shape index (κ3) is 3.83. The van der Waals surface area contributed by atoms with Gasteiger partial charge in [0.1, 0.15) is 0 Å². The van der Waals surface area contributed by atoms with E-state index in [4.69, 9.17) is 0 Å². The third-order valence-corrected chi connectivity index (χ3v) is 5.63. The van der Waals surface area contributed by atoms with Crippen LogP contribution in [0.15, 0.2) is 13.6 Å². The summed E-state index contributed by atoms with van der Waals surface area (Å²) in [5.41, 5.74) is 1.38. The second kappa shape index (κ2) is 6.53. The summed E-state index contributed by atoms with van der Waals surface area (Å²) in [6.07, 6.45) is 8.34. The Morgan fingerprint density at radius 2 is 1.88 bits per heavy atom. The summed E-state index contributed by atoms with van der Waals surface area (Å²) in [6, 6.07) is 2.94. The quantitative estimate of drug-likeness (QED) is 0.735. The molecule has 1 fully saturated rings. The third-order valence-electron chi connectivity index (χ3n) is 3.16. The second-order valence-corrected chi connectivity index (χ2v) is 8.17. The van der Waals surface area contributed by atoms with Crippen LogP contribution in [-0.4, -0.2) is 6.04 Å². The zero-order chi connectivity index (χ0) is 11.4. The van der Waals surface area contributed by atoms with Gasteiger partial charge in [-0.2, -0.15) is 0 Å². The van der Waals surface area contributed by atoms with Crippen LogP contribution in [0.4, 0.5) is 0 Å². The van der Waals surface area contributed by atoms with E-state index in [1.165, 1.54) is 51.7 Å². The van der Waals surface area contributed by atoms with Gasteiger partial charge in [0, 0.05) is 12.6 Å². The lowest BCUT2D eigenvalue weighted by Crippen LogP contribution is -2.27. The van der Waals surface area contributed by atoms with Crippen LogP contribution in [0.5, 0.6) is 0 Å². The summed E-state index contributed by atoms with van der Waals surface area (Å²) in [5.74, 6) is 0. The minimum atomic E-state index is 0.730.